The summed E-state index contributed by atoms with van der Waals surface area (Å²) in [6.07, 6.45) is 3.28. The molecule has 0 aliphatic heterocycles. The van der Waals surface area contributed by atoms with Crippen LogP contribution in [-0.4, -0.2) is 26.7 Å². The minimum absolute atomic E-state index is 0.0269. The number of hydrogen-bond donors (Lipinski definition) is 0. The largest absolute Gasteiger partial charge is 0.297 e. The van der Waals surface area contributed by atoms with Crippen molar-refractivity contribution in [3.05, 3.63) is 12.4 Å². The molecule has 0 N–H and O–H groups in total. The van der Waals surface area contributed by atoms with Crippen molar-refractivity contribution in [1.29, 1.82) is 0 Å². The Morgan fingerprint density at radius 1 is 1.44 bits per heavy atom. The topological polar surface area (TPSA) is 47.8 Å². The zero-order chi connectivity index (χ0) is 11.6. The van der Waals surface area contributed by atoms with Gasteiger partial charge in [-0.1, -0.05) is 5.21 Å². The van der Waals surface area contributed by atoms with Crippen LogP contribution in [0, 0.1) is 5.92 Å². The molecule has 0 radical (unpaired) electrons. The first kappa shape index (κ1) is 11.2. The normalized spacial score (nSPS) is 20.9. The van der Waals surface area contributed by atoms with Gasteiger partial charge in [-0.05, 0) is 12.8 Å². The van der Waals surface area contributed by atoms with Crippen molar-refractivity contribution in [1.82, 2.24) is 15.0 Å². The van der Waals surface area contributed by atoms with Crippen LogP contribution < -0.4 is 0 Å². The van der Waals surface area contributed by atoms with Crippen molar-refractivity contribution in [2.24, 2.45) is 5.92 Å². The maximum Gasteiger partial charge on any atom is 0.248 e. The monoisotopic (exact) mass is 229 g/mol. The molecular formula is C10H13F2N3O. The van der Waals surface area contributed by atoms with Crippen LogP contribution in [0.25, 0.3) is 0 Å². The molecule has 88 valence electrons. The van der Waals surface area contributed by atoms with Gasteiger partial charge in [0.05, 0.1) is 6.20 Å². The maximum absolute atomic E-state index is 12.9. The van der Waals surface area contributed by atoms with Gasteiger partial charge in [-0.3, -0.25) is 4.79 Å². The van der Waals surface area contributed by atoms with Gasteiger partial charge in [0.15, 0.2) is 5.78 Å². The van der Waals surface area contributed by atoms with Crippen molar-refractivity contribution in [2.75, 3.05) is 0 Å². The first-order valence-corrected chi connectivity index (χ1v) is 5.31. The summed E-state index contributed by atoms with van der Waals surface area (Å²) in [5.41, 5.74) is 0. The third-order valence-corrected chi connectivity index (χ3v) is 2.96. The van der Waals surface area contributed by atoms with E-state index in [1.807, 2.05) is 0 Å². The van der Waals surface area contributed by atoms with Gasteiger partial charge in [0.25, 0.3) is 0 Å². The highest BCUT2D eigenvalue weighted by Gasteiger charge is 2.37. The Labute approximate surface area is 91.6 Å². The zero-order valence-corrected chi connectivity index (χ0v) is 8.77. The molecule has 6 heteroatoms. The van der Waals surface area contributed by atoms with E-state index in [9.17, 15) is 13.6 Å². The molecule has 0 bridgehead atoms. The Balaban J connectivity index is 1.87. The summed E-state index contributed by atoms with van der Waals surface area (Å²) < 4.78 is 27.2. The minimum Gasteiger partial charge on any atom is -0.297 e. The van der Waals surface area contributed by atoms with Gasteiger partial charge in [0, 0.05) is 25.0 Å². The Hall–Kier alpha value is -1.33. The first-order valence-electron chi connectivity index (χ1n) is 5.31. The predicted molar refractivity (Wildman–Crippen MR) is 51.9 cm³/mol. The van der Waals surface area contributed by atoms with E-state index in [1.54, 1.807) is 6.20 Å². The molecule has 1 heterocycles. The number of ketones is 1. The lowest BCUT2D eigenvalue weighted by atomic mass is 9.84. The summed E-state index contributed by atoms with van der Waals surface area (Å²) in [5, 5.41) is 7.26. The molecule has 1 fully saturated rings. The van der Waals surface area contributed by atoms with Gasteiger partial charge < -0.3 is 0 Å². The zero-order valence-electron chi connectivity index (χ0n) is 8.77. The van der Waals surface area contributed by atoms with Gasteiger partial charge in [-0.15, -0.1) is 5.10 Å². The summed E-state index contributed by atoms with van der Waals surface area (Å²) >= 11 is 0. The summed E-state index contributed by atoms with van der Waals surface area (Å²) in [5.74, 6) is -2.85. The summed E-state index contributed by atoms with van der Waals surface area (Å²) in [6, 6.07) is 0. The molecule has 0 amide bonds. The van der Waals surface area contributed by atoms with Crippen LogP contribution >= 0.6 is 0 Å². The van der Waals surface area contributed by atoms with Crippen molar-refractivity contribution in [3.8, 4) is 0 Å². The summed E-state index contributed by atoms with van der Waals surface area (Å²) in [7, 11) is 0. The average molecular weight is 229 g/mol. The van der Waals surface area contributed by atoms with Crippen LogP contribution in [0.3, 0.4) is 0 Å². The molecule has 1 aromatic rings. The molecular weight excluding hydrogens is 216 g/mol. The van der Waals surface area contributed by atoms with Crippen LogP contribution in [0.1, 0.15) is 25.7 Å². The second-order valence-corrected chi connectivity index (χ2v) is 4.20. The molecule has 1 aromatic heterocycles. The third-order valence-electron chi connectivity index (χ3n) is 2.96. The number of alkyl halides is 2. The standard InChI is InChI=1S/C10H13F2N3O/c11-10(12)3-1-8(2-4-10)9(16)7-15-6-5-13-14-15/h5-6,8H,1-4,7H2. The molecule has 1 saturated carbocycles. The lowest BCUT2D eigenvalue weighted by molar-refractivity contribution is -0.127. The molecule has 0 spiro atoms. The van der Waals surface area contributed by atoms with Gasteiger partial charge in [-0.25, -0.2) is 13.5 Å². The summed E-state index contributed by atoms with van der Waals surface area (Å²) in [4.78, 5) is 11.7. The molecule has 16 heavy (non-hydrogen) atoms. The molecule has 2 rings (SSSR count). The van der Waals surface area contributed by atoms with Crippen molar-refractivity contribution in [2.45, 2.75) is 38.2 Å². The Kier molecular flexibility index (Phi) is 2.98. The molecule has 0 unspecified atom stereocenters. The smallest absolute Gasteiger partial charge is 0.248 e. The fraction of sp³-hybridized carbons (Fsp3) is 0.700. The fourth-order valence-electron chi connectivity index (χ4n) is 1.97. The van der Waals surface area contributed by atoms with E-state index in [2.05, 4.69) is 10.3 Å². The lowest BCUT2D eigenvalue weighted by Gasteiger charge is -2.27. The van der Waals surface area contributed by atoms with Gasteiger partial charge in [0.2, 0.25) is 5.92 Å². The van der Waals surface area contributed by atoms with Gasteiger partial charge >= 0.3 is 0 Å². The van der Waals surface area contributed by atoms with E-state index in [4.69, 9.17) is 0 Å². The van der Waals surface area contributed by atoms with E-state index >= 15 is 0 Å². The number of rotatable bonds is 3. The number of carbonyl (C=O) groups is 1. The predicted octanol–water partition coefficient (Wildman–Crippen LogP) is 1.67. The summed E-state index contributed by atoms with van der Waals surface area (Å²) in [6.45, 7) is 0.135. The van der Waals surface area contributed by atoms with Gasteiger partial charge in [0.1, 0.15) is 6.54 Å². The Morgan fingerprint density at radius 3 is 2.69 bits per heavy atom. The molecule has 0 aromatic carbocycles. The van der Waals surface area contributed by atoms with Crippen LogP contribution in [0.5, 0.6) is 0 Å². The molecule has 1 aliphatic rings. The number of aromatic nitrogens is 3. The van der Waals surface area contributed by atoms with Gasteiger partial charge in [-0.2, -0.15) is 0 Å². The number of hydrogen-bond acceptors (Lipinski definition) is 3. The van der Waals surface area contributed by atoms with Crippen LogP contribution in [0.2, 0.25) is 0 Å². The first-order chi connectivity index (χ1) is 7.57. The highest BCUT2D eigenvalue weighted by atomic mass is 19.3. The number of nitrogens with zero attached hydrogens (tertiary/aromatic N) is 3. The second-order valence-electron chi connectivity index (χ2n) is 4.20. The Bertz CT molecular complexity index is 354. The van der Waals surface area contributed by atoms with E-state index in [-0.39, 0.29) is 43.9 Å². The van der Waals surface area contributed by atoms with E-state index in [0.717, 1.165) is 0 Å². The Morgan fingerprint density at radius 2 is 2.12 bits per heavy atom. The third kappa shape index (κ3) is 2.62. The minimum atomic E-state index is -2.58. The van der Waals surface area contributed by atoms with E-state index in [0.29, 0.717) is 0 Å². The SMILES string of the molecule is O=C(Cn1ccnn1)C1CCC(F)(F)CC1. The number of Topliss-reactive ketones (excluding diaryl/α,β-unsaturated/α-hetero) is 1. The number of halogens is 2. The van der Waals surface area contributed by atoms with Crippen LogP contribution in [-0.2, 0) is 11.3 Å². The molecule has 1 aliphatic carbocycles. The van der Waals surface area contributed by atoms with Crippen LogP contribution in [0.4, 0.5) is 8.78 Å². The van der Waals surface area contributed by atoms with Crippen LogP contribution in [0.15, 0.2) is 12.4 Å². The average Bonchev–Trinajstić information content (AvgIpc) is 2.70. The lowest BCUT2D eigenvalue weighted by Crippen LogP contribution is -2.30. The second kappa shape index (κ2) is 4.27. The molecule has 4 nitrogen and oxygen atoms in total. The highest BCUT2D eigenvalue weighted by molar-refractivity contribution is 5.80. The molecule has 0 saturated heterocycles. The van der Waals surface area contributed by atoms with E-state index < -0.39 is 5.92 Å². The maximum atomic E-state index is 12.9. The van der Waals surface area contributed by atoms with E-state index in [1.165, 1.54) is 10.9 Å². The van der Waals surface area contributed by atoms with Crippen molar-refractivity contribution in [3.63, 3.8) is 0 Å². The number of carbonyl (C=O) groups excluding carboxylic acids is 1. The van der Waals surface area contributed by atoms with Crippen molar-refractivity contribution < 1.29 is 13.6 Å². The highest BCUT2D eigenvalue weighted by Crippen LogP contribution is 2.36. The fourth-order valence-corrected chi connectivity index (χ4v) is 1.97. The quantitative estimate of drug-likeness (QED) is 0.792. The van der Waals surface area contributed by atoms with Crippen molar-refractivity contribution >= 4 is 5.78 Å². The molecule has 0 atom stereocenters.